The lowest BCUT2D eigenvalue weighted by Gasteiger charge is -2.33. The highest BCUT2D eigenvalue weighted by Crippen LogP contribution is 2.54. The Kier molecular flexibility index (Phi) is 8.18. The van der Waals surface area contributed by atoms with Gasteiger partial charge in [-0.25, -0.2) is 0 Å². The molecule has 64 heavy (non-hydrogen) atoms. The van der Waals surface area contributed by atoms with Gasteiger partial charge in [0.05, 0.1) is 22.7 Å². The van der Waals surface area contributed by atoms with Gasteiger partial charge in [-0.15, -0.1) is 0 Å². The van der Waals surface area contributed by atoms with E-state index in [0.717, 1.165) is 73.6 Å². The molecule has 2 aliphatic rings. The first kappa shape index (κ1) is 36.1. The van der Waals surface area contributed by atoms with Gasteiger partial charge in [-0.3, -0.25) is 0 Å². The van der Waals surface area contributed by atoms with Gasteiger partial charge in [0, 0.05) is 11.4 Å². The highest BCUT2D eigenvalue weighted by molar-refractivity contribution is 6.23. The molecule has 4 heteroatoms. The average Bonchev–Trinajstić information content (AvgIpc) is 3.36. The van der Waals surface area contributed by atoms with Crippen LogP contribution in [0.1, 0.15) is 0 Å². The Bertz CT molecular complexity index is 3560. The maximum atomic E-state index is 6.48. The Morgan fingerprint density at radius 1 is 0.250 bits per heavy atom. The summed E-state index contributed by atoms with van der Waals surface area (Å²) in [6, 6.07) is 82.5. The summed E-state index contributed by atoms with van der Waals surface area (Å²) >= 11 is 0. The van der Waals surface area contributed by atoms with Crippen LogP contribution in [0.5, 0.6) is 23.0 Å². The van der Waals surface area contributed by atoms with E-state index < -0.39 is 0 Å². The first-order valence-electron chi connectivity index (χ1n) is 21.7. The fourth-order valence-electron chi connectivity index (χ4n) is 9.90. The molecule has 13 rings (SSSR count). The monoisotopic (exact) mass is 818 g/mol. The van der Waals surface area contributed by atoms with Crippen LogP contribution < -0.4 is 19.3 Å². The summed E-state index contributed by atoms with van der Waals surface area (Å²) in [5.74, 6) is 3.31. The Morgan fingerprint density at radius 2 is 0.672 bits per heavy atom. The molecule has 0 radical (unpaired) electrons. The van der Waals surface area contributed by atoms with Crippen molar-refractivity contribution in [1.29, 1.82) is 0 Å². The highest BCUT2D eigenvalue weighted by Gasteiger charge is 2.29. The molecule has 11 aromatic carbocycles. The number of ether oxygens (including phenoxy) is 2. The SMILES string of the molecule is c1ccc(-c2c3ccc(N4c5ccccc5Oc5ccccc54)cc3c(-c3cccc(-c4ccc5ccccc5c4)c3)c3ccc(N4c5ccccc5Oc5ccccc54)cc23)cc1. The van der Waals surface area contributed by atoms with E-state index in [1.54, 1.807) is 0 Å². The number of hydrogen-bond donors (Lipinski definition) is 0. The number of fused-ring (bicyclic) bond motifs is 7. The molecule has 0 saturated heterocycles. The van der Waals surface area contributed by atoms with Crippen LogP contribution in [0.4, 0.5) is 34.1 Å². The maximum absolute atomic E-state index is 6.48. The molecular weight excluding hydrogens is 781 g/mol. The number of para-hydroxylation sites is 8. The van der Waals surface area contributed by atoms with Crippen LogP contribution in [0.3, 0.4) is 0 Å². The summed E-state index contributed by atoms with van der Waals surface area (Å²) in [5, 5.41) is 7.12. The van der Waals surface area contributed by atoms with Crippen LogP contribution in [-0.2, 0) is 0 Å². The largest absolute Gasteiger partial charge is 0.453 e. The van der Waals surface area contributed by atoms with E-state index in [-0.39, 0.29) is 0 Å². The van der Waals surface area contributed by atoms with E-state index in [9.17, 15) is 0 Å². The van der Waals surface area contributed by atoms with E-state index in [1.807, 2.05) is 48.5 Å². The second-order valence-corrected chi connectivity index (χ2v) is 16.5. The maximum Gasteiger partial charge on any atom is 0.151 e. The lowest BCUT2D eigenvalue weighted by Crippen LogP contribution is -2.15. The molecule has 0 unspecified atom stereocenters. The van der Waals surface area contributed by atoms with Crippen molar-refractivity contribution < 1.29 is 9.47 Å². The van der Waals surface area contributed by atoms with Crippen LogP contribution in [0, 0.1) is 0 Å². The van der Waals surface area contributed by atoms with Crippen molar-refractivity contribution in [2.24, 2.45) is 0 Å². The zero-order valence-electron chi connectivity index (χ0n) is 34.7. The molecule has 300 valence electrons. The predicted octanol–water partition coefficient (Wildman–Crippen LogP) is 17.3. The highest BCUT2D eigenvalue weighted by atomic mass is 16.5. The summed E-state index contributed by atoms with van der Waals surface area (Å²) in [7, 11) is 0. The van der Waals surface area contributed by atoms with Crippen molar-refractivity contribution in [3.63, 3.8) is 0 Å². The van der Waals surface area contributed by atoms with Gasteiger partial charge in [0.2, 0.25) is 0 Å². The number of nitrogens with zero attached hydrogens (tertiary/aromatic N) is 2. The van der Waals surface area contributed by atoms with Crippen molar-refractivity contribution >= 4 is 66.4 Å². The van der Waals surface area contributed by atoms with Crippen molar-refractivity contribution in [3.05, 3.63) is 231 Å². The quantitative estimate of drug-likeness (QED) is 0.162. The van der Waals surface area contributed by atoms with Gasteiger partial charge in [-0.2, -0.15) is 0 Å². The van der Waals surface area contributed by atoms with Crippen LogP contribution >= 0.6 is 0 Å². The zero-order chi connectivity index (χ0) is 42.1. The van der Waals surface area contributed by atoms with Crippen LogP contribution in [-0.4, -0.2) is 0 Å². The molecule has 0 N–H and O–H groups in total. The lowest BCUT2D eigenvalue weighted by molar-refractivity contribution is 0.477. The molecule has 0 fully saturated rings. The van der Waals surface area contributed by atoms with Crippen molar-refractivity contribution in [1.82, 2.24) is 0 Å². The summed E-state index contributed by atoms with van der Waals surface area (Å²) in [4.78, 5) is 4.68. The predicted molar refractivity (Wildman–Crippen MR) is 265 cm³/mol. The summed E-state index contributed by atoms with van der Waals surface area (Å²) in [6.45, 7) is 0. The number of anilines is 6. The van der Waals surface area contributed by atoms with Gasteiger partial charge in [0.25, 0.3) is 0 Å². The average molecular weight is 819 g/mol. The molecule has 0 atom stereocenters. The van der Waals surface area contributed by atoms with Gasteiger partial charge in [-0.05, 0) is 151 Å². The Morgan fingerprint density at radius 3 is 1.22 bits per heavy atom. The van der Waals surface area contributed by atoms with Gasteiger partial charge >= 0.3 is 0 Å². The van der Waals surface area contributed by atoms with Crippen LogP contribution in [0.2, 0.25) is 0 Å². The summed E-state index contributed by atoms with van der Waals surface area (Å²) < 4.78 is 12.9. The van der Waals surface area contributed by atoms with Gasteiger partial charge in [0.15, 0.2) is 23.0 Å². The van der Waals surface area contributed by atoms with Gasteiger partial charge in [0.1, 0.15) is 0 Å². The second kappa shape index (κ2) is 14.5. The molecule has 0 bridgehead atoms. The summed E-state index contributed by atoms with van der Waals surface area (Å²) in [5.41, 5.74) is 13.1. The molecule has 0 amide bonds. The van der Waals surface area contributed by atoms with Gasteiger partial charge in [-0.1, -0.05) is 146 Å². The van der Waals surface area contributed by atoms with E-state index in [1.165, 1.54) is 49.2 Å². The fraction of sp³-hybridized carbons (Fsp3) is 0. The number of rotatable bonds is 5. The molecule has 11 aromatic rings. The van der Waals surface area contributed by atoms with E-state index in [2.05, 4.69) is 192 Å². The van der Waals surface area contributed by atoms with E-state index in [4.69, 9.17) is 9.47 Å². The standard InChI is InChI=1S/C60H38N2O2/c1-2-16-40(17-3-1)59-47-33-31-46(62-53-23-8-12-27-57(53)64-58-28-13-9-24-54(58)62)38-50(47)60(44-20-14-19-42(36-44)43-30-29-39-15-4-5-18-41(39)35-43)48-34-32-45(37-49(48)59)61-51-21-6-10-25-55(51)63-56-26-11-7-22-52(56)61/h1-38H. The van der Waals surface area contributed by atoms with E-state index in [0.29, 0.717) is 0 Å². The second-order valence-electron chi connectivity index (χ2n) is 16.5. The number of hydrogen-bond acceptors (Lipinski definition) is 4. The van der Waals surface area contributed by atoms with Crippen LogP contribution in [0.25, 0.3) is 65.7 Å². The first-order chi connectivity index (χ1) is 31.7. The molecule has 0 aliphatic carbocycles. The van der Waals surface area contributed by atoms with Crippen molar-refractivity contribution in [3.8, 4) is 56.4 Å². The van der Waals surface area contributed by atoms with Crippen molar-refractivity contribution in [2.75, 3.05) is 9.80 Å². The molecule has 0 aromatic heterocycles. The van der Waals surface area contributed by atoms with E-state index >= 15 is 0 Å². The fourth-order valence-corrected chi connectivity index (χ4v) is 9.90. The topological polar surface area (TPSA) is 24.9 Å². The van der Waals surface area contributed by atoms with Gasteiger partial charge < -0.3 is 19.3 Å². The third kappa shape index (κ3) is 5.77. The Labute approximate surface area is 371 Å². The van der Waals surface area contributed by atoms with Crippen LogP contribution in [0.15, 0.2) is 231 Å². The lowest BCUT2D eigenvalue weighted by atomic mass is 9.84. The first-order valence-corrected chi connectivity index (χ1v) is 21.7. The van der Waals surface area contributed by atoms with Crippen molar-refractivity contribution in [2.45, 2.75) is 0 Å². The molecule has 2 heterocycles. The smallest absolute Gasteiger partial charge is 0.151 e. The minimum absolute atomic E-state index is 0.826. The minimum Gasteiger partial charge on any atom is -0.453 e. The molecule has 4 nitrogen and oxygen atoms in total. The molecule has 0 spiro atoms. The zero-order valence-corrected chi connectivity index (χ0v) is 34.7. The third-order valence-electron chi connectivity index (χ3n) is 12.8. The Hall–Kier alpha value is -8.60. The summed E-state index contributed by atoms with van der Waals surface area (Å²) in [6.07, 6.45) is 0. The minimum atomic E-state index is 0.826. The number of benzene rings is 11. The third-order valence-corrected chi connectivity index (χ3v) is 12.8. The molecular formula is C60H38N2O2. The Balaban J connectivity index is 1.11. The normalized spacial score (nSPS) is 12.6. The molecule has 0 saturated carbocycles. The molecule has 2 aliphatic heterocycles.